The Bertz CT molecular complexity index is 684. The number of hydrogen-bond acceptors (Lipinski definition) is 6. The first-order chi connectivity index (χ1) is 10.0. The Labute approximate surface area is 127 Å². The number of nitrogens with zero attached hydrogens (tertiary/aromatic N) is 2. The quantitative estimate of drug-likeness (QED) is 0.485. The van der Waals surface area contributed by atoms with E-state index in [1.54, 1.807) is 12.1 Å². The zero-order valence-corrected chi connectivity index (χ0v) is 12.1. The second-order valence-electron chi connectivity index (χ2n) is 3.96. The molecule has 1 heterocycles. The third-order valence-corrected chi connectivity index (χ3v) is 3.17. The van der Waals surface area contributed by atoms with Crippen LogP contribution in [0.5, 0.6) is 5.75 Å². The van der Waals surface area contributed by atoms with Crippen LogP contribution in [0.15, 0.2) is 34.9 Å². The summed E-state index contributed by atoms with van der Waals surface area (Å²) in [4.78, 5) is 14.3. The fourth-order valence-electron chi connectivity index (χ4n) is 1.57. The highest BCUT2D eigenvalue weighted by molar-refractivity contribution is 9.10. The SMILES string of the molecule is NNc1ccnc(COc2cc(F)c(Br)cc2[N+](=O)[O-])c1. The van der Waals surface area contributed by atoms with Crippen LogP contribution in [0.25, 0.3) is 0 Å². The lowest BCUT2D eigenvalue weighted by Gasteiger charge is -2.08. The maximum atomic E-state index is 13.5. The summed E-state index contributed by atoms with van der Waals surface area (Å²) < 4.78 is 18.8. The van der Waals surface area contributed by atoms with Crippen LogP contribution in [0.2, 0.25) is 0 Å². The maximum absolute atomic E-state index is 13.5. The van der Waals surface area contributed by atoms with Crippen molar-refractivity contribution in [1.82, 2.24) is 4.98 Å². The van der Waals surface area contributed by atoms with E-state index in [4.69, 9.17) is 10.6 Å². The number of hydrazine groups is 1. The van der Waals surface area contributed by atoms with Crippen molar-refractivity contribution in [3.8, 4) is 5.75 Å². The Morgan fingerprint density at radius 3 is 2.90 bits per heavy atom. The van der Waals surface area contributed by atoms with Gasteiger partial charge in [0.1, 0.15) is 12.4 Å². The Balaban J connectivity index is 2.22. The highest BCUT2D eigenvalue weighted by Crippen LogP contribution is 2.32. The molecule has 2 aromatic rings. The Morgan fingerprint density at radius 1 is 1.48 bits per heavy atom. The topological polar surface area (TPSA) is 103 Å². The minimum atomic E-state index is -0.652. The van der Waals surface area contributed by atoms with Crippen LogP contribution >= 0.6 is 15.9 Å². The molecule has 2 rings (SSSR count). The van der Waals surface area contributed by atoms with Crippen molar-refractivity contribution in [2.75, 3.05) is 5.43 Å². The number of halogens is 2. The van der Waals surface area contributed by atoms with E-state index in [2.05, 4.69) is 26.3 Å². The highest BCUT2D eigenvalue weighted by atomic mass is 79.9. The second-order valence-corrected chi connectivity index (χ2v) is 4.81. The Kier molecular flexibility index (Phi) is 4.66. The summed E-state index contributed by atoms with van der Waals surface area (Å²) >= 11 is 2.89. The van der Waals surface area contributed by atoms with Gasteiger partial charge in [0.05, 0.1) is 20.8 Å². The zero-order valence-electron chi connectivity index (χ0n) is 10.5. The van der Waals surface area contributed by atoms with Crippen LogP contribution in [-0.2, 0) is 6.61 Å². The summed E-state index contributed by atoms with van der Waals surface area (Å²) in [7, 11) is 0. The standard InChI is InChI=1S/C12H10BrFN4O3/c13-9-4-11(18(19)20)12(5-10(9)14)21-6-8-3-7(17-15)1-2-16-8/h1-5H,6,15H2,(H,16,17). The third-order valence-electron chi connectivity index (χ3n) is 2.56. The first kappa shape index (κ1) is 15.1. The van der Waals surface area contributed by atoms with E-state index in [1.165, 1.54) is 6.20 Å². The molecular formula is C12H10BrFN4O3. The molecule has 0 aliphatic heterocycles. The number of anilines is 1. The van der Waals surface area contributed by atoms with Crippen molar-refractivity contribution >= 4 is 27.3 Å². The van der Waals surface area contributed by atoms with Gasteiger partial charge in [-0.05, 0) is 28.1 Å². The lowest BCUT2D eigenvalue weighted by molar-refractivity contribution is -0.386. The molecule has 3 N–H and O–H groups in total. The summed E-state index contributed by atoms with van der Waals surface area (Å²) in [6.45, 7) is -0.0581. The van der Waals surface area contributed by atoms with Gasteiger partial charge in [0.15, 0.2) is 0 Å². The molecule has 0 saturated carbocycles. The van der Waals surface area contributed by atoms with Gasteiger partial charge in [-0.25, -0.2) is 4.39 Å². The van der Waals surface area contributed by atoms with Gasteiger partial charge in [0.25, 0.3) is 0 Å². The van der Waals surface area contributed by atoms with E-state index in [9.17, 15) is 14.5 Å². The molecular weight excluding hydrogens is 347 g/mol. The number of nitrogen functional groups attached to an aromatic ring is 1. The monoisotopic (exact) mass is 356 g/mol. The predicted octanol–water partition coefficient (Wildman–Crippen LogP) is 2.76. The third kappa shape index (κ3) is 3.64. The van der Waals surface area contributed by atoms with Gasteiger partial charge in [-0.1, -0.05) is 0 Å². The highest BCUT2D eigenvalue weighted by Gasteiger charge is 2.19. The molecule has 0 atom stereocenters. The summed E-state index contributed by atoms with van der Waals surface area (Å²) in [5, 5.41) is 10.9. The van der Waals surface area contributed by atoms with Crippen molar-refractivity contribution in [2.24, 2.45) is 5.84 Å². The number of rotatable bonds is 5. The molecule has 0 radical (unpaired) electrons. The number of benzene rings is 1. The number of nitrogens with two attached hydrogens (primary N) is 1. The largest absolute Gasteiger partial charge is 0.480 e. The van der Waals surface area contributed by atoms with E-state index in [0.29, 0.717) is 11.4 Å². The van der Waals surface area contributed by atoms with Gasteiger partial charge in [-0.2, -0.15) is 0 Å². The average Bonchev–Trinajstić information content (AvgIpc) is 2.48. The molecule has 0 spiro atoms. The summed E-state index contributed by atoms with van der Waals surface area (Å²) in [5.74, 6) is 4.44. The normalized spacial score (nSPS) is 10.2. The molecule has 7 nitrogen and oxygen atoms in total. The molecule has 0 amide bonds. The summed E-state index contributed by atoms with van der Waals surface area (Å²) in [6, 6.07) is 5.26. The Hall–Kier alpha value is -2.26. The number of pyridine rings is 1. The molecule has 0 saturated heterocycles. The van der Waals surface area contributed by atoms with Crippen LogP contribution < -0.4 is 16.0 Å². The van der Waals surface area contributed by atoms with Crippen molar-refractivity contribution in [2.45, 2.75) is 6.61 Å². The van der Waals surface area contributed by atoms with E-state index in [-0.39, 0.29) is 22.5 Å². The molecule has 110 valence electrons. The van der Waals surface area contributed by atoms with Crippen molar-refractivity contribution in [3.63, 3.8) is 0 Å². The second kappa shape index (κ2) is 6.46. The molecule has 9 heteroatoms. The molecule has 0 aliphatic carbocycles. The fourth-order valence-corrected chi connectivity index (χ4v) is 1.91. The van der Waals surface area contributed by atoms with E-state index < -0.39 is 10.7 Å². The van der Waals surface area contributed by atoms with Gasteiger partial charge in [0, 0.05) is 18.3 Å². The van der Waals surface area contributed by atoms with Gasteiger partial charge in [0.2, 0.25) is 5.75 Å². The van der Waals surface area contributed by atoms with Crippen molar-refractivity contribution < 1.29 is 14.1 Å². The minimum absolute atomic E-state index is 0.00555. The molecule has 0 fully saturated rings. The molecule has 1 aromatic carbocycles. The van der Waals surface area contributed by atoms with Gasteiger partial charge < -0.3 is 10.2 Å². The molecule has 0 unspecified atom stereocenters. The number of nitro groups is 1. The molecule has 1 aromatic heterocycles. The number of nitro benzene ring substituents is 1. The van der Waals surface area contributed by atoms with E-state index in [0.717, 1.165) is 12.1 Å². The van der Waals surface area contributed by atoms with Gasteiger partial charge >= 0.3 is 5.69 Å². The predicted molar refractivity (Wildman–Crippen MR) is 77.1 cm³/mol. The summed E-state index contributed by atoms with van der Waals surface area (Å²) in [5.41, 5.74) is 3.21. The van der Waals surface area contributed by atoms with Gasteiger partial charge in [-0.15, -0.1) is 0 Å². The number of ether oxygens (including phenoxy) is 1. The smallest absolute Gasteiger partial charge is 0.312 e. The van der Waals surface area contributed by atoms with Crippen LogP contribution in [0.3, 0.4) is 0 Å². The number of nitrogens with one attached hydrogen (secondary N) is 1. The number of hydrogen-bond donors (Lipinski definition) is 2. The lowest BCUT2D eigenvalue weighted by atomic mass is 10.3. The fraction of sp³-hybridized carbons (Fsp3) is 0.0833. The summed E-state index contributed by atoms with van der Waals surface area (Å²) in [6.07, 6.45) is 1.50. The zero-order chi connectivity index (χ0) is 15.4. The molecule has 21 heavy (non-hydrogen) atoms. The molecule has 0 bridgehead atoms. The van der Waals surface area contributed by atoms with E-state index in [1.807, 2.05) is 0 Å². The number of aromatic nitrogens is 1. The maximum Gasteiger partial charge on any atom is 0.312 e. The van der Waals surface area contributed by atoms with Crippen LogP contribution in [0.1, 0.15) is 5.69 Å². The first-order valence-corrected chi connectivity index (χ1v) is 6.48. The van der Waals surface area contributed by atoms with E-state index >= 15 is 0 Å². The molecule has 0 aliphatic rings. The average molecular weight is 357 g/mol. The van der Waals surface area contributed by atoms with Crippen LogP contribution in [0, 0.1) is 15.9 Å². The van der Waals surface area contributed by atoms with Crippen LogP contribution in [0.4, 0.5) is 15.8 Å². The lowest BCUT2D eigenvalue weighted by Crippen LogP contribution is -2.08. The minimum Gasteiger partial charge on any atom is -0.480 e. The Morgan fingerprint density at radius 2 is 2.24 bits per heavy atom. The van der Waals surface area contributed by atoms with Gasteiger partial charge in [-0.3, -0.25) is 20.9 Å². The van der Waals surface area contributed by atoms with Crippen molar-refractivity contribution in [1.29, 1.82) is 0 Å². The van der Waals surface area contributed by atoms with Crippen LogP contribution in [-0.4, -0.2) is 9.91 Å². The first-order valence-electron chi connectivity index (χ1n) is 5.69. The van der Waals surface area contributed by atoms with Crippen molar-refractivity contribution in [3.05, 3.63) is 56.6 Å².